The first-order chi connectivity index (χ1) is 45.5. The fourth-order valence-corrected chi connectivity index (χ4v) is 13.9. The second-order valence-corrected chi connectivity index (χ2v) is 23.1. The van der Waals surface area contributed by atoms with Crippen LogP contribution in [0.2, 0.25) is 0 Å². The number of halogens is 6. The van der Waals surface area contributed by atoms with E-state index >= 15 is 26.3 Å². The molecule has 0 bridgehead atoms. The Balaban J connectivity index is 0.954. The molecular weight excluding hydrogens is 1170 g/mol. The molecule has 2 atom stereocenters. The van der Waals surface area contributed by atoms with Crippen molar-refractivity contribution in [1.82, 2.24) is 0 Å². The van der Waals surface area contributed by atoms with E-state index in [0.717, 1.165) is 56.6 Å². The summed E-state index contributed by atoms with van der Waals surface area (Å²) >= 11 is 0. The molecule has 448 valence electrons. The molecule has 15 rings (SSSR count). The van der Waals surface area contributed by atoms with Crippen LogP contribution in [-0.4, -0.2) is 0 Å². The lowest BCUT2D eigenvalue weighted by molar-refractivity contribution is 0.435. The summed E-state index contributed by atoms with van der Waals surface area (Å²) in [4.78, 5) is 2.04. The van der Waals surface area contributed by atoms with Crippen molar-refractivity contribution < 1.29 is 35.8 Å². The second kappa shape index (κ2) is 23.3. The summed E-state index contributed by atoms with van der Waals surface area (Å²) < 4.78 is 111. The molecule has 93 heavy (non-hydrogen) atoms. The van der Waals surface area contributed by atoms with Gasteiger partial charge in [-0.15, -0.1) is 0 Å². The number of nitrogens with zero attached hydrogens (tertiary/aromatic N) is 1. The van der Waals surface area contributed by atoms with Crippen molar-refractivity contribution in [3.8, 4) is 67.5 Å². The standard InChI is InChI=1S/C84H53F6NO2/c1-3-52-21-35-63(36-22-52)92-65-39-27-58(28-40-65)83(73-45-47-77(85)81(89)79(73)87)71-19-10-8-17-67(71)69-43-33-61(50-75(69)83)91(60-31-25-55(26-32-60)57-16-12-15-56(49-57)54-13-6-5-7-14-54)62-34-44-70-68-18-9-11-20-72(68)84(76(70)51-62,74-46-48-78(86)82(90)80(74)88)59-29-41-66(42-30-59)93-64-37-23-53(4-2)24-38-64/h3-51H,1-2H2. The van der Waals surface area contributed by atoms with Crippen LogP contribution >= 0.6 is 0 Å². The molecule has 2 aliphatic rings. The van der Waals surface area contributed by atoms with Gasteiger partial charge >= 0.3 is 0 Å². The summed E-state index contributed by atoms with van der Waals surface area (Å²) in [7, 11) is 0. The first-order valence-electron chi connectivity index (χ1n) is 30.3. The van der Waals surface area contributed by atoms with Crippen LogP contribution in [-0.2, 0) is 10.8 Å². The van der Waals surface area contributed by atoms with Gasteiger partial charge in [0.15, 0.2) is 34.9 Å². The molecule has 9 heteroatoms. The Hall–Kier alpha value is -11.7. The minimum atomic E-state index is -1.62. The predicted octanol–water partition coefficient (Wildman–Crippen LogP) is 22.9. The molecule has 0 heterocycles. The fraction of sp³-hybridized carbons (Fsp3) is 0.0238. The number of anilines is 3. The second-order valence-electron chi connectivity index (χ2n) is 23.1. The number of benzene rings is 13. The Morgan fingerprint density at radius 3 is 1.08 bits per heavy atom. The van der Waals surface area contributed by atoms with E-state index in [2.05, 4.69) is 43.5 Å². The van der Waals surface area contributed by atoms with Crippen molar-refractivity contribution >= 4 is 29.2 Å². The van der Waals surface area contributed by atoms with Gasteiger partial charge in [-0.25, -0.2) is 26.3 Å². The molecule has 2 aliphatic carbocycles. The van der Waals surface area contributed by atoms with Crippen molar-refractivity contribution in [3.05, 3.63) is 389 Å². The Morgan fingerprint density at radius 1 is 0.280 bits per heavy atom. The molecule has 0 fully saturated rings. The van der Waals surface area contributed by atoms with Gasteiger partial charge in [-0.05, 0) is 192 Å². The molecule has 0 aromatic heterocycles. The van der Waals surface area contributed by atoms with Crippen molar-refractivity contribution in [2.75, 3.05) is 4.90 Å². The van der Waals surface area contributed by atoms with E-state index in [-0.39, 0.29) is 11.1 Å². The van der Waals surface area contributed by atoms with E-state index in [0.29, 0.717) is 84.6 Å². The van der Waals surface area contributed by atoms with Gasteiger partial charge in [-0.3, -0.25) is 0 Å². The Bertz CT molecular complexity index is 4810. The average Bonchev–Trinajstić information content (AvgIpc) is 1.56. The molecule has 13 aromatic rings. The van der Waals surface area contributed by atoms with Crippen molar-refractivity contribution in [2.45, 2.75) is 10.8 Å². The number of ether oxygens (including phenoxy) is 2. The van der Waals surface area contributed by atoms with Gasteiger partial charge in [0, 0.05) is 28.2 Å². The van der Waals surface area contributed by atoms with Crippen LogP contribution in [0.15, 0.2) is 298 Å². The Kier molecular flexibility index (Phi) is 14.5. The number of hydrogen-bond donors (Lipinski definition) is 0. The summed E-state index contributed by atoms with van der Waals surface area (Å²) in [5.74, 6) is -6.52. The van der Waals surface area contributed by atoms with E-state index in [1.54, 1.807) is 36.4 Å². The Morgan fingerprint density at radius 2 is 0.645 bits per heavy atom. The lowest BCUT2D eigenvalue weighted by Gasteiger charge is -2.36. The van der Waals surface area contributed by atoms with Gasteiger partial charge in [0.05, 0.1) is 10.8 Å². The molecule has 0 saturated heterocycles. The summed E-state index contributed by atoms with van der Waals surface area (Å²) in [6, 6.07) is 87.2. The van der Waals surface area contributed by atoms with Crippen molar-refractivity contribution in [1.29, 1.82) is 0 Å². The number of fused-ring (bicyclic) bond motifs is 6. The normalized spacial score (nSPS) is 14.9. The zero-order valence-corrected chi connectivity index (χ0v) is 49.7. The predicted molar refractivity (Wildman–Crippen MR) is 360 cm³/mol. The zero-order valence-electron chi connectivity index (χ0n) is 49.7. The topological polar surface area (TPSA) is 21.7 Å². The minimum Gasteiger partial charge on any atom is -0.457 e. The lowest BCUT2D eigenvalue weighted by atomic mass is 9.67. The molecule has 0 saturated carbocycles. The lowest BCUT2D eigenvalue weighted by Crippen LogP contribution is -2.31. The highest BCUT2D eigenvalue weighted by atomic mass is 19.2. The third-order valence-corrected chi connectivity index (χ3v) is 18.2. The van der Waals surface area contributed by atoms with E-state index in [9.17, 15) is 0 Å². The molecule has 0 aliphatic heterocycles. The SMILES string of the molecule is C=Cc1ccc(Oc2ccc(C3(c4ccc(F)c(F)c4F)c4ccccc4-c4ccc(N(c5ccc(-c6cccc(-c7ccccc7)c6)cc5)c5ccc6c(c5)C(c5ccc(Oc7ccc(C=C)cc7)cc5)(c5ccc(F)c(F)c5F)c5ccccc5-6)cc43)cc2)cc1. The number of hydrogen-bond acceptors (Lipinski definition) is 3. The minimum absolute atomic E-state index is 0.122. The van der Waals surface area contributed by atoms with Crippen LogP contribution in [0.5, 0.6) is 23.0 Å². The van der Waals surface area contributed by atoms with Gasteiger partial charge in [0.25, 0.3) is 0 Å². The molecule has 0 N–H and O–H groups in total. The molecule has 0 radical (unpaired) electrons. The van der Waals surface area contributed by atoms with Crippen LogP contribution < -0.4 is 14.4 Å². The van der Waals surface area contributed by atoms with Crippen molar-refractivity contribution in [3.63, 3.8) is 0 Å². The highest BCUT2D eigenvalue weighted by Gasteiger charge is 2.51. The average molecular weight is 1220 g/mol. The summed E-state index contributed by atoms with van der Waals surface area (Å²) in [6.45, 7) is 7.72. The summed E-state index contributed by atoms with van der Waals surface area (Å²) in [6.07, 6.45) is 3.47. The maximum atomic E-state index is 17.4. The van der Waals surface area contributed by atoms with E-state index in [4.69, 9.17) is 9.47 Å². The third kappa shape index (κ3) is 9.62. The first-order valence-corrected chi connectivity index (χ1v) is 30.3. The number of rotatable bonds is 15. The maximum absolute atomic E-state index is 17.4. The van der Waals surface area contributed by atoms with Gasteiger partial charge in [-0.1, -0.05) is 207 Å². The third-order valence-electron chi connectivity index (χ3n) is 18.2. The van der Waals surface area contributed by atoms with Crippen LogP contribution in [0.4, 0.5) is 43.4 Å². The molecule has 0 amide bonds. The van der Waals surface area contributed by atoms with E-state index < -0.39 is 45.7 Å². The highest BCUT2D eigenvalue weighted by molar-refractivity contribution is 5.93. The van der Waals surface area contributed by atoms with E-state index in [1.165, 1.54) is 12.1 Å². The van der Waals surface area contributed by atoms with Crippen molar-refractivity contribution in [2.24, 2.45) is 0 Å². The largest absolute Gasteiger partial charge is 0.457 e. The van der Waals surface area contributed by atoms with Gasteiger partial charge < -0.3 is 14.4 Å². The molecule has 2 unspecified atom stereocenters. The van der Waals surface area contributed by atoms with Crippen LogP contribution in [0.25, 0.3) is 56.7 Å². The Labute approximate surface area is 534 Å². The summed E-state index contributed by atoms with van der Waals surface area (Å²) in [5.41, 5.74) is 10.5. The molecular formula is C84H53F6NO2. The maximum Gasteiger partial charge on any atom is 0.194 e. The van der Waals surface area contributed by atoms with Gasteiger partial charge in [0.2, 0.25) is 0 Å². The molecule has 3 nitrogen and oxygen atoms in total. The monoisotopic (exact) mass is 1220 g/mol. The summed E-state index contributed by atoms with van der Waals surface area (Å²) in [5, 5.41) is 0. The fourth-order valence-electron chi connectivity index (χ4n) is 13.9. The first kappa shape index (κ1) is 57.7. The van der Waals surface area contributed by atoms with Crippen LogP contribution in [0, 0.1) is 34.9 Å². The van der Waals surface area contributed by atoms with Crippen LogP contribution in [0.1, 0.15) is 55.6 Å². The zero-order chi connectivity index (χ0) is 63.5. The molecule has 0 spiro atoms. The van der Waals surface area contributed by atoms with E-state index in [1.807, 2.05) is 211 Å². The molecule has 13 aromatic carbocycles. The van der Waals surface area contributed by atoms with Gasteiger partial charge in [0.1, 0.15) is 23.0 Å². The highest BCUT2D eigenvalue weighted by Crippen LogP contribution is 2.61. The van der Waals surface area contributed by atoms with Gasteiger partial charge in [-0.2, -0.15) is 0 Å². The van der Waals surface area contributed by atoms with Crippen LogP contribution in [0.3, 0.4) is 0 Å². The smallest absolute Gasteiger partial charge is 0.194 e. The quantitative estimate of drug-likeness (QED) is 0.0754.